The van der Waals surface area contributed by atoms with Crippen molar-refractivity contribution in [2.75, 3.05) is 26.9 Å². The van der Waals surface area contributed by atoms with E-state index in [0.717, 1.165) is 18.4 Å². The number of carbonyl (C=O) groups is 2. The molecule has 182 valence electrons. The van der Waals surface area contributed by atoms with Crippen LogP contribution in [0.15, 0.2) is 42.0 Å². The van der Waals surface area contributed by atoms with Gasteiger partial charge in [0, 0.05) is 25.8 Å². The summed E-state index contributed by atoms with van der Waals surface area (Å²) in [6.45, 7) is 5.27. The van der Waals surface area contributed by atoms with Gasteiger partial charge < -0.3 is 19.5 Å². The molecule has 0 radical (unpaired) electrons. The highest BCUT2D eigenvalue weighted by molar-refractivity contribution is 6.46. The van der Waals surface area contributed by atoms with Crippen LogP contribution >= 0.6 is 23.2 Å². The van der Waals surface area contributed by atoms with Crippen LogP contribution in [0.4, 0.5) is 0 Å². The van der Waals surface area contributed by atoms with Crippen molar-refractivity contribution < 1.29 is 24.2 Å². The van der Waals surface area contributed by atoms with Crippen LogP contribution in [0.5, 0.6) is 5.75 Å². The number of aryl methyl sites for hydroxylation is 1. The third kappa shape index (κ3) is 5.57. The summed E-state index contributed by atoms with van der Waals surface area (Å²) in [5.41, 5.74) is 1.85. The quantitative estimate of drug-likeness (QED) is 0.187. The number of rotatable bonds is 10. The summed E-state index contributed by atoms with van der Waals surface area (Å²) in [7, 11) is 1.57. The third-order valence-electron chi connectivity index (χ3n) is 5.75. The van der Waals surface area contributed by atoms with E-state index >= 15 is 0 Å². The molecule has 8 heteroatoms. The molecule has 3 rings (SSSR count). The molecule has 0 bridgehead atoms. The number of likely N-dealkylation sites (tertiary alicyclic amines) is 1. The molecule has 0 aliphatic carbocycles. The van der Waals surface area contributed by atoms with Crippen LogP contribution in [0, 0.1) is 6.92 Å². The fourth-order valence-electron chi connectivity index (χ4n) is 3.96. The van der Waals surface area contributed by atoms with Gasteiger partial charge in [0.05, 0.1) is 28.3 Å². The van der Waals surface area contributed by atoms with Crippen LogP contribution in [0.3, 0.4) is 0 Å². The number of ketones is 1. The molecule has 0 aromatic heterocycles. The molecule has 1 amide bonds. The highest BCUT2D eigenvalue weighted by atomic mass is 35.5. The predicted molar refractivity (Wildman–Crippen MR) is 134 cm³/mol. The molecule has 0 saturated carbocycles. The molecule has 1 aliphatic rings. The molecule has 6 nitrogen and oxygen atoms in total. The lowest BCUT2D eigenvalue weighted by molar-refractivity contribution is -0.140. The SMILES string of the molecule is CCCCOc1ccc(/C(O)=C2\C(=O)C(=O)N(CCCOC)[C@H]2c2ccc(Cl)c(Cl)c2)cc1C. The minimum Gasteiger partial charge on any atom is -0.507 e. The summed E-state index contributed by atoms with van der Waals surface area (Å²) >= 11 is 12.3. The highest BCUT2D eigenvalue weighted by Crippen LogP contribution is 2.41. The molecule has 2 aromatic carbocycles. The number of benzene rings is 2. The number of hydrogen-bond donors (Lipinski definition) is 1. The smallest absolute Gasteiger partial charge is 0.295 e. The van der Waals surface area contributed by atoms with Gasteiger partial charge in [0.1, 0.15) is 11.5 Å². The van der Waals surface area contributed by atoms with E-state index in [1.165, 1.54) is 4.90 Å². The van der Waals surface area contributed by atoms with Crippen molar-refractivity contribution in [2.45, 2.75) is 39.2 Å². The second kappa shape index (κ2) is 11.7. The second-order valence-corrected chi connectivity index (χ2v) is 9.01. The van der Waals surface area contributed by atoms with Crippen molar-refractivity contribution in [3.8, 4) is 5.75 Å². The van der Waals surface area contributed by atoms with E-state index in [9.17, 15) is 14.7 Å². The Morgan fingerprint density at radius 3 is 2.47 bits per heavy atom. The molecule has 34 heavy (non-hydrogen) atoms. The Hall–Kier alpha value is -2.54. The fraction of sp³-hybridized carbons (Fsp3) is 0.385. The zero-order chi connectivity index (χ0) is 24.8. The van der Waals surface area contributed by atoms with Crippen LogP contribution < -0.4 is 4.74 Å². The van der Waals surface area contributed by atoms with Crippen LogP contribution in [0.2, 0.25) is 10.0 Å². The maximum atomic E-state index is 13.1. The van der Waals surface area contributed by atoms with E-state index in [4.69, 9.17) is 32.7 Å². The lowest BCUT2D eigenvalue weighted by Gasteiger charge is -2.25. The molecule has 1 fully saturated rings. The number of aliphatic hydroxyl groups excluding tert-OH is 1. The van der Waals surface area contributed by atoms with Crippen molar-refractivity contribution in [3.05, 3.63) is 68.7 Å². The van der Waals surface area contributed by atoms with E-state index in [-0.39, 0.29) is 17.9 Å². The number of halogens is 2. The molecule has 2 aromatic rings. The Balaban J connectivity index is 2.06. The number of hydrogen-bond acceptors (Lipinski definition) is 5. The Labute approximate surface area is 210 Å². The van der Waals surface area contributed by atoms with Crippen LogP contribution in [-0.4, -0.2) is 48.6 Å². The zero-order valence-corrected chi connectivity index (χ0v) is 21.1. The van der Waals surface area contributed by atoms with Crippen molar-refractivity contribution >= 4 is 40.7 Å². The van der Waals surface area contributed by atoms with Crippen LogP contribution in [-0.2, 0) is 14.3 Å². The van der Waals surface area contributed by atoms with Gasteiger partial charge in [-0.15, -0.1) is 0 Å². The molecule has 1 heterocycles. The predicted octanol–water partition coefficient (Wildman–Crippen LogP) is 5.94. The van der Waals surface area contributed by atoms with Gasteiger partial charge in [-0.3, -0.25) is 9.59 Å². The minimum absolute atomic E-state index is 0.0138. The zero-order valence-electron chi connectivity index (χ0n) is 19.6. The number of methoxy groups -OCH3 is 1. The van der Waals surface area contributed by atoms with Crippen molar-refractivity contribution in [1.29, 1.82) is 0 Å². The van der Waals surface area contributed by atoms with Crippen molar-refractivity contribution in [3.63, 3.8) is 0 Å². The molecular formula is C26H29Cl2NO5. The summed E-state index contributed by atoms with van der Waals surface area (Å²) in [5.74, 6) is -0.949. The monoisotopic (exact) mass is 505 g/mol. The van der Waals surface area contributed by atoms with Gasteiger partial charge in [0.15, 0.2) is 0 Å². The van der Waals surface area contributed by atoms with Gasteiger partial charge in [-0.1, -0.05) is 42.6 Å². The summed E-state index contributed by atoms with van der Waals surface area (Å²) in [6.07, 6.45) is 2.50. The number of nitrogens with zero attached hydrogens (tertiary/aromatic N) is 1. The van der Waals surface area contributed by atoms with E-state index in [1.807, 2.05) is 6.92 Å². The lowest BCUT2D eigenvalue weighted by atomic mass is 9.94. The molecular weight excluding hydrogens is 477 g/mol. The van der Waals surface area contributed by atoms with Crippen molar-refractivity contribution in [1.82, 2.24) is 4.90 Å². The summed E-state index contributed by atoms with van der Waals surface area (Å²) < 4.78 is 10.9. The maximum absolute atomic E-state index is 13.1. The Bertz CT molecular complexity index is 1100. The highest BCUT2D eigenvalue weighted by Gasteiger charge is 2.45. The summed E-state index contributed by atoms with van der Waals surface area (Å²) in [6, 6.07) is 9.34. The van der Waals surface area contributed by atoms with Gasteiger partial charge in [0.2, 0.25) is 0 Å². The number of ether oxygens (including phenoxy) is 2. The van der Waals surface area contributed by atoms with Gasteiger partial charge in [-0.05, 0) is 61.2 Å². The number of carbonyl (C=O) groups excluding carboxylic acids is 2. The van der Waals surface area contributed by atoms with Gasteiger partial charge in [-0.25, -0.2) is 0 Å². The Morgan fingerprint density at radius 1 is 1.06 bits per heavy atom. The number of amides is 1. The third-order valence-corrected chi connectivity index (χ3v) is 6.49. The molecule has 1 atom stereocenters. The van der Waals surface area contributed by atoms with Gasteiger partial charge in [0.25, 0.3) is 11.7 Å². The van der Waals surface area contributed by atoms with E-state index in [2.05, 4.69) is 6.92 Å². The van der Waals surface area contributed by atoms with E-state index in [1.54, 1.807) is 43.5 Å². The molecule has 1 aliphatic heterocycles. The average molecular weight is 506 g/mol. The lowest BCUT2D eigenvalue weighted by Crippen LogP contribution is -2.31. The number of Topliss-reactive ketones (excluding diaryl/α,β-unsaturated/α-hetero) is 1. The first-order chi connectivity index (χ1) is 16.3. The van der Waals surface area contributed by atoms with E-state index in [0.29, 0.717) is 46.6 Å². The van der Waals surface area contributed by atoms with Gasteiger partial charge >= 0.3 is 0 Å². The first-order valence-electron chi connectivity index (χ1n) is 11.3. The van der Waals surface area contributed by atoms with Crippen LogP contribution in [0.1, 0.15) is 48.9 Å². The largest absolute Gasteiger partial charge is 0.507 e. The summed E-state index contributed by atoms with van der Waals surface area (Å²) in [5, 5.41) is 11.9. The average Bonchev–Trinajstić information content (AvgIpc) is 3.06. The maximum Gasteiger partial charge on any atom is 0.295 e. The minimum atomic E-state index is -0.799. The molecule has 1 saturated heterocycles. The first-order valence-corrected chi connectivity index (χ1v) is 12.0. The fourth-order valence-corrected chi connectivity index (χ4v) is 4.27. The summed E-state index contributed by atoms with van der Waals surface area (Å²) in [4.78, 5) is 27.5. The molecule has 0 unspecified atom stereocenters. The first kappa shape index (κ1) is 26.1. The van der Waals surface area contributed by atoms with Crippen LogP contribution in [0.25, 0.3) is 5.76 Å². The number of aliphatic hydroxyl groups is 1. The second-order valence-electron chi connectivity index (χ2n) is 8.19. The standard InChI is InChI=1S/C26H29Cl2NO5/c1-4-5-13-34-21-10-8-18(14-16(21)2)24(30)22-23(17-7-9-19(27)20(28)15-17)29(11-6-12-33-3)26(32)25(22)31/h7-10,14-15,23,30H,4-6,11-13H2,1-3H3/b24-22+/t23-/m0/s1. The topological polar surface area (TPSA) is 76.1 Å². The van der Waals surface area contributed by atoms with Gasteiger partial charge in [-0.2, -0.15) is 0 Å². The normalized spacial score (nSPS) is 17.4. The number of unbranched alkanes of at least 4 members (excludes halogenated alkanes) is 1. The molecule has 1 N–H and O–H groups in total. The van der Waals surface area contributed by atoms with E-state index < -0.39 is 17.7 Å². The molecule has 0 spiro atoms. The van der Waals surface area contributed by atoms with Crippen molar-refractivity contribution in [2.24, 2.45) is 0 Å². The Kier molecular flexibility index (Phi) is 9.00. The Morgan fingerprint density at radius 2 is 1.82 bits per heavy atom.